The van der Waals surface area contributed by atoms with Crippen LogP contribution in [0.4, 0.5) is 0 Å². The number of benzene rings is 2. The molecule has 6 heteroatoms. The van der Waals surface area contributed by atoms with Gasteiger partial charge in [-0.2, -0.15) is 0 Å². The molecule has 0 atom stereocenters. The van der Waals surface area contributed by atoms with E-state index in [2.05, 4.69) is 20.9 Å². The number of methoxy groups -OCH3 is 1. The third-order valence-electron chi connectivity index (χ3n) is 4.64. The van der Waals surface area contributed by atoms with Gasteiger partial charge in [-0.3, -0.25) is 4.79 Å². The van der Waals surface area contributed by atoms with E-state index in [1.807, 2.05) is 42.7 Å². The maximum atomic E-state index is 12.3. The van der Waals surface area contributed by atoms with Crippen LogP contribution in [0.2, 0.25) is 0 Å². The van der Waals surface area contributed by atoms with Crippen LogP contribution in [0, 0.1) is 0 Å². The quantitative estimate of drug-likeness (QED) is 0.510. The molecule has 0 spiro atoms. The van der Waals surface area contributed by atoms with Crippen molar-refractivity contribution in [3.05, 3.63) is 60.6 Å². The number of hydrogen-bond acceptors (Lipinski definition) is 4. The summed E-state index contributed by atoms with van der Waals surface area (Å²) in [5, 5.41) is 3.92. The summed E-state index contributed by atoms with van der Waals surface area (Å²) in [7, 11) is 1.62. The van der Waals surface area contributed by atoms with E-state index in [-0.39, 0.29) is 5.91 Å². The lowest BCUT2D eigenvalue weighted by Crippen LogP contribution is -2.26. The van der Waals surface area contributed by atoms with Crippen LogP contribution in [0.1, 0.15) is 12.0 Å². The number of fused-ring (bicyclic) bond motifs is 2. The molecule has 0 fully saturated rings. The number of imidazole rings is 1. The summed E-state index contributed by atoms with van der Waals surface area (Å²) in [6, 6.07) is 13.7. The second kappa shape index (κ2) is 7.53. The molecule has 6 nitrogen and oxygen atoms in total. The van der Waals surface area contributed by atoms with Crippen LogP contribution >= 0.6 is 0 Å². The molecule has 4 rings (SSSR count). The highest BCUT2D eigenvalue weighted by atomic mass is 16.5. The summed E-state index contributed by atoms with van der Waals surface area (Å²) in [5.74, 6) is 0.726. The Morgan fingerprint density at radius 2 is 2.15 bits per heavy atom. The van der Waals surface area contributed by atoms with Crippen LogP contribution < -0.4 is 10.1 Å². The van der Waals surface area contributed by atoms with E-state index in [4.69, 9.17) is 9.15 Å². The summed E-state index contributed by atoms with van der Waals surface area (Å²) in [5.41, 5.74) is 3.71. The fourth-order valence-corrected chi connectivity index (χ4v) is 3.23. The molecule has 2 aromatic heterocycles. The molecule has 0 aliphatic carbocycles. The van der Waals surface area contributed by atoms with Gasteiger partial charge in [0, 0.05) is 30.1 Å². The Kier molecular flexibility index (Phi) is 4.78. The normalized spacial score (nSPS) is 11.1. The van der Waals surface area contributed by atoms with E-state index in [0.717, 1.165) is 46.3 Å². The summed E-state index contributed by atoms with van der Waals surface area (Å²) in [6.07, 6.45) is 4.63. The standard InChI is InChI=1S/C21H21N3O3/c1-26-16-7-8-17-15(13-27-20(17)12-16)11-21(25)22-9-4-10-24-14-23-18-5-2-3-6-19(18)24/h2-3,5-8,12-14H,4,9-11H2,1H3,(H,22,25). The van der Waals surface area contributed by atoms with Crippen molar-refractivity contribution in [1.82, 2.24) is 14.9 Å². The molecule has 4 aromatic rings. The van der Waals surface area contributed by atoms with Gasteiger partial charge in [0.05, 0.1) is 37.2 Å². The third kappa shape index (κ3) is 3.65. The van der Waals surface area contributed by atoms with Crippen LogP contribution in [-0.2, 0) is 17.8 Å². The molecule has 1 N–H and O–H groups in total. The lowest BCUT2D eigenvalue weighted by Gasteiger charge is -2.06. The Labute approximate surface area is 156 Å². The Bertz CT molecular complexity index is 1080. The minimum absolute atomic E-state index is 0.0102. The lowest BCUT2D eigenvalue weighted by atomic mass is 10.1. The van der Waals surface area contributed by atoms with Crippen LogP contribution in [0.5, 0.6) is 5.75 Å². The zero-order valence-corrected chi connectivity index (χ0v) is 15.1. The zero-order valence-electron chi connectivity index (χ0n) is 15.1. The molecule has 0 radical (unpaired) electrons. The van der Waals surface area contributed by atoms with Crippen LogP contribution in [0.25, 0.3) is 22.0 Å². The summed E-state index contributed by atoms with van der Waals surface area (Å²) in [4.78, 5) is 16.6. The molecule has 2 heterocycles. The molecule has 27 heavy (non-hydrogen) atoms. The maximum absolute atomic E-state index is 12.3. The summed E-state index contributed by atoms with van der Waals surface area (Å²) in [6.45, 7) is 1.43. The molecule has 0 aliphatic heterocycles. The molecular formula is C21H21N3O3. The first kappa shape index (κ1) is 17.1. The number of aromatic nitrogens is 2. The number of para-hydroxylation sites is 2. The summed E-state index contributed by atoms with van der Waals surface area (Å²) >= 11 is 0. The molecule has 138 valence electrons. The minimum Gasteiger partial charge on any atom is -0.497 e. The number of rotatable bonds is 7. The Morgan fingerprint density at radius 3 is 3.04 bits per heavy atom. The molecule has 0 bridgehead atoms. The molecule has 0 unspecified atom stereocenters. The monoisotopic (exact) mass is 363 g/mol. The predicted octanol–water partition coefficient (Wildman–Crippen LogP) is 3.54. The number of hydrogen-bond donors (Lipinski definition) is 1. The first-order chi connectivity index (χ1) is 13.2. The SMILES string of the molecule is COc1ccc2c(CC(=O)NCCCn3cnc4ccccc43)coc2c1. The number of aryl methyl sites for hydroxylation is 1. The maximum Gasteiger partial charge on any atom is 0.224 e. The van der Waals surface area contributed by atoms with Crippen molar-refractivity contribution in [3.63, 3.8) is 0 Å². The van der Waals surface area contributed by atoms with Crippen molar-refractivity contribution in [2.24, 2.45) is 0 Å². The second-order valence-electron chi connectivity index (χ2n) is 6.43. The molecule has 0 aliphatic rings. The number of ether oxygens (including phenoxy) is 1. The van der Waals surface area contributed by atoms with Gasteiger partial charge in [-0.05, 0) is 30.7 Å². The third-order valence-corrected chi connectivity index (χ3v) is 4.64. The van der Waals surface area contributed by atoms with Gasteiger partial charge in [-0.25, -0.2) is 4.98 Å². The Hall–Kier alpha value is -3.28. The highest BCUT2D eigenvalue weighted by molar-refractivity contribution is 5.88. The van der Waals surface area contributed by atoms with E-state index < -0.39 is 0 Å². The van der Waals surface area contributed by atoms with E-state index in [9.17, 15) is 4.79 Å². The van der Waals surface area contributed by atoms with Gasteiger partial charge in [-0.15, -0.1) is 0 Å². The molecular weight excluding hydrogens is 342 g/mol. The first-order valence-corrected chi connectivity index (χ1v) is 8.95. The lowest BCUT2D eigenvalue weighted by molar-refractivity contribution is -0.120. The van der Waals surface area contributed by atoms with Gasteiger partial charge in [0.1, 0.15) is 11.3 Å². The molecule has 2 aromatic carbocycles. The van der Waals surface area contributed by atoms with Crippen molar-refractivity contribution >= 4 is 27.9 Å². The zero-order chi connectivity index (χ0) is 18.6. The van der Waals surface area contributed by atoms with E-state index >= 15 is 0 Å². The van der Waals surface area contributed by atoms with Gasteiger partial charge >= 0.3 is 0 Å². The highest BCUT2D eigenvalue weighted by Crippen LogP contribution is 2.25. The van der Waals surface area contributed by atoms with Crippen molar-refractivity contribution in [2.45, 2.75) is 19.4 Å². The Morgan fingerprint density at radius 1 is 1.26 bits per heavy atom. The first-order valence-electron chi connectivity index (χ1n) is 8.95. The Balaban J connectivity index is 1.30. The van der Waals surface area contributed by atoms with Crippen LogP contribution in [0.3, 0.4) is 0 Å². The fraction of sp³-hybridized carbons (Fsp3) is 0.238. The molecule has 0 saturated carbocycles. The minimum atomic E-state index is -0.0102. The predicted molar refractivity (Wildman–Crippen MR) is 104 cm³/mol. The topological polar surface area (TPSA) is 69.3 Å². The number of amides is 1. The number of nitrogens with one attached hydrogen (secondary N) is 1. The number of furan rings is 1. The van der Waals surface area contributed by atoms with Crippen molar-refractivity contribution in [2.75, 3.05) is 13.7 Å². The largest absolute Gasteiger partial charge is 0.497 e. The second-order valence-corrected chi connectivity index (χ2v) is 6.43. The smallest absolute Gasteiger partial charge is 0.224 e. The highest BCUT2D eigenvalue weighted by Gasteiger charge is 2.11. The number of carbonyl (C=O) groups excluding carboxylic acids is 1. The van der Waals surface area contributed by atoms with Gasteiger partial charge < -0.3 is 19.0 Å². The van der Waals surface area contributed by atoms with Gasteiger partial charge in [0.15, 0.2) is 0 Å². The molecule has 0 saturated heterocycles. The fourth-order valence-electron chi connectivity index (χ4n) is 3.23. The average Bonchev–Trinajstić information content (AvgIpc) is 3.29. The van der Waals surface area contributed by atoms with E-state index in [1.165, 1.54) is 0 Å². The van der Waals surface area contributed by atoms with Crippen LogP contribution in [0.15, 0.2) is 59.5 Å². The van der Waals surface area contributed by atoms with Gasteiger partial charge in [0.2, 0.25) is 5.91 Å². The van der Waals surface area contributed by atoms with Gasteiger partial charge in [-0.1, -0.05) is 12.1 Å². The van der Waals surface area contributed by atoms with Crippen molar-refractivity contribution in [1.29, 1.82) is 0 Å². The van der Waals surface area contributed by atoms with Crippen LogP contribution in [-0.4, -0.2) is 29.1 Å². The van der Waals surface area contributed by atoms with E-state index in [1.54, 1.807) is 13.4 Å². The average molecular weight is 363 g/mol. The van der Waals surface area contributed by atoms with Crippen molar-refractivity contribution < 1.29 is 13.9 Å². The van der Waals surface area contributed by atoms with Gasteiger partial charge in [0.25, 0.3) is 0 Å². The number of nitrogens with zero attached hydrogens (tertiary/aromatic N) is 2. The van der Waals surface area contributed by atoms with E-state index in [0.29, 0.717) is 13.0 Å². The number of carbonyl (C=O) groups is 1. The summed E-state index contributed by atoms with van der Waals surface area (Å²) < 4.78 is 12.8. The molecule has 1 amide bonds. The van der Waals surface area contributed by atoms with Crippen molar-refractivity contribution in [3.8, 4) is 5.75 Å².